The van der Waals surface area contributed by atoms with Crippen molar-refractivity contribution in [3.8, 4) is 0 Å². The van der Waals surface area contributed by atoms with E-state index in [1.54, 1.807) is 11.3 Å². The van der Waals surface area contributed by atoms with Gasteiger partial charge in [0.1, 0.15) is 0 Å². The van der Waals surface area contributed by atoms with Gasteiger partial charge in [-0.25, -0.2) is 13.4 Å². The van der Waals surface area contributed by atoms with Crippen molar-refractivity contribution in [3.05, 3.63) is 15.6 Å². The molecular formula is C9H14N2O2S2. The van der Waals surface area contributed by atoms with E-state index in [1.165, 1.54) is 0 Å². The highest BCUT2D eigenvalue weighted by Gasteiger charge is 2.24. The first-order valence-corrected chi connectivity index (χ1v) is 7.57. The maximum Gasteiger partial charge on any atom is 0.155 e. The van der Waals surface area contributed by atoms with E-state index in [2.05, 4.69) is 10.3 Å². The molecule has 0 unspecified atom stereocenters. The third-order valence-corrected chi connectivity index (χ3v) is 5.31. The minimum atomic E-state index is -2.85. The molecule has 1 aromatic rings. The summed E-state index contributed by atoms with van der Waals surface area (Å²) in [5, 5.41) is 4.11. The number of nitrogens with zero attached hydrogens (tertiary/aromatic N) is 1. The first kappa shape index (κ1) is 11.0. The lowest BCUT2D eigenvalue weighted by atomic mass is 10.3. The average molecular weight is 246 g/mol. The van der Waals surface area contributed by atoms with Crippen molar-refractivity contribution in [2.24, 2.45) is 0 Å². The SMILES string of the molecule is CNCCc1nc2c(s1)CS(=O)(=O)CC2. The van der Waals surface area contributed by atoms with Crippen LogP contribution in [0.25, 0.3) is 0 Å². The smallest absolute Gasteiger partial charge is 0.155 e. The van der Waals surface area contributed by atoms with Crippen molar-refractivity contribution < 1.29 is 8.42 Å². The van der Waals surface area contributed by atoms with Gasteiger partial charge < -0.3 is 5.32 Å². The standard InChI is InChI=1S/C9H14N2O2S2/c1-10-4-2-9-11-7-3-5-15(12,13)6-8(7)14-9/h10H,2-6H2,1H3. The van der Waals surface area contributed by atoms with Crippen LogP contribution in [0.2, 0.25) is 0 Å². The van der Waals surface area contributed by atoms with Gasteiger partial charge in [0.25, 0.3) is 0 Å². The number of aromatic nitrogens is 1. The van der Waals surface area contributed by atoms with Crippen LogP contribution in [0.4, 0.5) is 0 Å². The molecule has 0 saturated heterocycles. The summed E-state index contributed by atoms with van der Waals surface area (Å²) in [4.78, 5) is 5.42. The molecule has 4 nitrogen and oxygen atoms in total. The molecule has 0 aromatic carbocycles. The van der Waals surface area contributed by atoms with Gasteiger partial charge in [-0.15, -0.1) is 11.3 Å². The number of rotatable bonds is 3. The normalized spacial score (nSPS) is 18.7. The number of hydrogen-bond acceptors (Lipinski definition) is 5. The summed E-state index contributed by atoms with van der Waals surface area (Å²) < 4.78 is 22.8. The molecule has 6 heteroatoms. The number of sulfone groups is 1. The van der Waals surface area contributed by atoms with Crippen LogP contribution >= 0.6 is 11.3 Å². The molecule has 0 aliphatic carbocycles. The Balaban J connectivity index is 2.18. The average Bonchev–Trinajstić information content (AvgIpc) is 2.55. The molecule has 0 bridgehead atoms. The van der Waals surface area contributed by atoms with Crippen LogP contribution in [0.1, 0.15) is 15.6 Å². The van der Waals surface area contributed by atoms with E-state index in [9.17, 15) is 8.42 Å². The number of likely N-dealkylation sites (N-methyl/N-ethyl adjacent to an activating group) is 1. The number of aryl methyl sites for hydroxylation is 1. The van der Waals surface area contributed by atoms with E-state index in [4.69, 9.17) is 0 Å². The lowest BCUT2D eigenvalue weighted by molar-refractivity contribution is 0.591. The lowest BCUT2D eigenvalue weighted by Gasteiger charge is -2.09. The summed E-state index contributed by atoms with van der Waals surface area (Å²) >= 11 is 1.55. The van der Waals surface area contributed by atoms with Gasteiger partial charge in [-0.05, 0) is 7.05 Å². The highest BCUT2D eigenvalue weighted by molar-refractivity contribution is 7.90. The molecule has 84 valence electrons. The van der Waals surface area contributed by atoms with E-state index in [0.29, 0.717) is 6.42 Å². The summed E-state index contributed by atoms with van der Waals surface area (Å²) in [6, 6.07) is 0. The molecule has 0 amide bonds. The Morgan fingerprint density at radius 1 is 1.53 bits per heavy atom. The van der Waals surface area contributed by atoms with Crippen LogP contribution in [0, 0.1) is 0 Å². The molecule has 0 spiro atoms. The quantitative estimate of drug-likeness (QED) is 0.837. The fourth-order valence-corrected chi connectivity index (χ4v) is 4.51. The van der Waals surface area contributed by atoms with E-state index < -0.39 is 9.84 Å². The summed E-state index contributed by atoms with van der Waals surface area (Å²) in [6.45, 7) is 0.888. The van der Waals surface area contributed by atoms with E-state index >= 15 is 0 Å². The number of hydrogen-bond donors (Lipinski definition) is 1. The van der Waals surface area contributed by atoms with Crippen molar-refractivity contribution >= 4 is 21.2 Å². The molecule has 1 aromatic heterocycles. The number of thiazole rings is 1. The Hall–Kier alpha value is -0.460. The van der Waals surface area contributed by atoms with E-state index in [-0.39, 0.29) is 11.5 Å². The Labute approximate surface area is 93.7 Å². The fourth-order valence-electron chi connectivity index (χ4n) is 1.61. The van der Waals surface area contributed by atoms with Crippen molar-refractivity contribution in [1.82, 2.24) is 10.3 Å². The Bertz CT molecular complexity index is 451. The number of nitrogens with one attached hydrogen (secondary N) is 1. The van der Waals surface area contributed by atoms with Crippen molar-refractivity contribution in [2.75, 3.05) is 19.3 Å². The second-order valence-corrected chi connectivity index (χ2v) is 7.03. The molecule has 1 aliphatic heterocycles. The molecule has 1 N–H and O–H groups in total. The second-order valence-electron chi connectivity index (χ2n) is 3.67. The fraction of sp³-hybridized carbons (Fsp3) is 0.667. The van der Waals surface area contributed by atoms with Crippen LogP contribution < -0.4 is 5.32 Å². The first-order chi connectivity index (χ1) is 7.11. The molecule has 2 heterocycles. The largest absolute Gasteiger partial charge is 0.319 e. The molecule has 0 fully saturated rings. The zero-order chi connectivity index (χ0) is 10.9. The first-order valence-electron chi connectivity index (χ1n) is 4.93. The van der Waals surface area contributed by atoms with Gasteiger partial charge in [-0.1, -0.05) is 0 Å². The van der Waals surface area contributed by atoms with Gasteiger partial charge in [0.2, 0.25) is 0 Å². The molecule has 15 heavy (non-hydrogen) atoms. The zero-order valence-electron chi connectivity index (χ0n) is 8.62. The molecule has 0 radical (unpaired) electrons. The molecular weight excluding hydrogens is 232 g/mol. The van der Waals surface area contributed by atoms with E-state index in [1.807, 2.05) is 7.05 Å². The Morgan fingerprint density at radius 2 is 2.33 bits per heavy atom. The highest BCUT2D eigenvalue weighted by atomic mass is 32.2. The van der Waals surface area contributed by atoms with Crippen LogP contribution in [0.15, 0.2) is 0 Å². The third kappa shape index (κ3) is 2.56. The predicted octanol–water partition coefficient (Wildman–Crippen LogP) is 0.376. The summed E-state index contributed by atoms with van der Waals surface area (Å²) in [6.07, 6.45) is 1.47. The van der Waals surface area contributed by atoms with Crippen LogP contribution in [0.5, 0.6) is 0 Å². The topological polar surface area (TPSA) is 59.1 Å². The highest BCUT2D eigenvalue weighted by Crippen LogP contribution is 2.26. The lowest BCUT2D eigenvalue weighted by Crippen LogP contribution is -2.17. The molecule has 0 atom stereocenters. The predicted molar refractivity (Wildman–Crippen MR) is 60.9 cm³/mol. The molecule has 2 rings (SSSR count). The van der Waals surface area contributed by atoms with Crippen LogP contribution in [0.3, 0.4) is 0 Å². The third-order valence-electron chi connectivity index (χ3n) is 2.41. The second kappa shape index (κ2) is 4.19. The Morgan fingerprint density at radius 3 is 3.07 bits per heavy atom. The molecule has 1 aliphatic rings. The molecule has 0 saturated carbocycles. The van der Waals surface area contributed by atoms with Gasteiger partial charge in [0.05, 0.1) is 22.2 Å². The van der Waals surface area contributed by atoms with Gasteiger partial charge in [0, 0.05) is 24.3 Å². The summed E-state index contributed by atoms with van der Waals surface area (Å²) in [7, 11) is -0.948. The maximum atomic E-state index is 11.4. The summed E-state index contributed by atoms with van der Waals surface area (Å²) in [5.41, 5.74) is 1.00. The Kier molecular flexibility index (Phi) is 3.08. The minimum absolute atomic E-state index is 0.194. The van der Waals surface area contributed by atoms with Crippen molar-refractivity contribution in [3.63, 3.8) is 0 Å². The number of fused-ring (bicyclic) bond motifs is 1. The van der Waals surface area contributed by atoms with Gasteiger partial charge in [0.15, 0.2) is 9.84 Å². The monoisotopic (exact) mass is 246 g/mol. The van der Waals surface area contributed by atoms with Crippen LogP contribution in [-0.2, 0) is 28.4 Å². The van der Waals surface area contributed by atoms with Crippen molar-refractivity contribution in [2.45, 2.75) is 18.6 Å². The maximum absolute atomic E-state index is 11.4. The van der Waals surface area contributed by atoms with Gasteiger partial charge in [-0.3, -0.25) is 0 Å². The summed E-state index contributed by atoms with van der Waals surface area (Å²) in [5.74, 6) is 0.453. The van der Waals surface area contributed by atoms with Gasteiger partial charge in [-0.2, -0.15) is 0 Å². The van der Waals surface area contributed by atoms with Crippen molar-refractivity contribution in [1.29, 1.82) is 0 Å². The zero-order valence-corrected chi connectivity index (χ0v) is 10.2. The van der Waals surface area contributed by atoms with E-state index in [0.717, 1.165) is 28.5 Å². The van der Waals surface area contributed by atoms with Gasteiger partial charge >= 0.3 is 0 Å². The van der Waals surface area contributed by atoms with Crippen LogP contribution in [-0.4, -0.2) is 32.7 Å². The minimum Gasteiger partial charge on any atom is -0.319 e.